The number of sulfonamides is 1. The lowest BCUT2D eigenvalue weighted by molar-refractivity contribution is 0.0964. The topological polar surface area (TPSA) is 120 Å². The second kappa shape index (κ2) is 9.74. The first-order valence-corrected chi connectivity index (χ1v) is 14.0. The zero-order valence-corrected chi connectivity index (χ0v) is 22.0. The van der Waals surface area contributed by atoms with Crippen molar-refractivity contribution in [2.45, 2.75) is 18.8 Å². The number of nitrogens with one attached hydrogen (secondary N) is 1. The van der Waals surface area contributed by atoms with Crippen LogP contribution in [0.4, 0.5) is 15.8 Å². The molecular weight excluding hydrogens is 534 g/mol. The number of furan rings is 1. The fraction of sp³-hybridized carbons (Fsp3) is 0.192. The number of halogens is 2. The molecule has 1 aromatic heterocycles. The summed E-state index contributed by atoms with van der Waals surface area (Å²) in [4.78, 5) is 13.3. The lowest BCUT2D eigenvalue weighted by Gasteiger charge is -2.27. The Hall–Kier alpha value is -3.38. The van der Waals surface area contributed by atoms with E-state index in [0.29, 0.717) is 11.1 Å². The van der Waals surface area contributed by atoms with Gasteiger partial charge in [-0.1, -0.05) is 23.7 Å². The lowest BCUT2D eigenvalue weighted by atomic mass is 9.80. The molecule has 3 aromatic carbocycles. The van der Waals surface area contributed by atoms with E-state index < -0.39 is 28.9 Å². The smallest absolute Gasteiger partial charge is 0.455 e. The second-order valence-electron chi connectivity index (χ2n) is 9.15. The van der Waals surface area contributed by atoms with Gasteiger partial charge in [0.2, 0.25) is 10.0 Å². The number of hydrogen-bond donors (Lipinski definition) is 3. The number of amides is 1. The Balaban J connectivity index is 1.88. The van der Waals surface area contributed by atoms with E-state index in [2.05, 4.69) is 5.32 Å². The predicted molar refractivity (Wildman–Crippen MR) is 145 cm³/mol. The van der Waals surface area contributed by atoms with E-state index in [1.165, 1.54) is 49.5 Å². The molecule has 12 heteroatoms. The summed E-state index contributed by atoms with van der Waals surface area (Å²) in [6, 6.07) is 13.0. The molecule has 0 atom stereocenters. The Morgan fingerprint density at radius 2 is 1.82 bits per heavy atom. The third kappa shape index (κ3) is 4.67. The van der Waals surface area contributed by atoms with Gasteiger partial charge in [0.25, 0.3) is 5.91 Å². The van der Waals surface area contributed by atoms with Crippen LogP contribution in [0.1, 0.15) is 34.7 Å². The van der Waals surface area contributed by atoms with E-state index >= 15 is 0 Å². The number of fused-ring (bicyclic) bond motifs is 1. The number of hydrogen-bond acceptors (Lipinski definition) is 6. The van der Waals surface area contributed by atoms with Gasteiger partial charge < -0.3 is 19.8 Å². The van der Waals surface area contributed by atoms with Gasteiger partial charge in [-0.25, -0.2) is 17.1 Å². The molecule has 1 aliphatic rings. The Morgan fingerprint density at radius 1 is 1.13 bits per heavy atom. The highest BCUT2D eigenvalue weighted by Gasteiger charge is 2.36. The van der Waals surface area contributed by atoms with E-state index in [0.717, 1.165) is 23.4 Å². The number of carbonyl (C=O) groups excluding carboxylic acids is 1. The molecule has 8 nitrogen and oxygen atoms in total. The number of benzene rings is 3. The van der Waals surface area contributed by atoms with Crippen LogP contribution in [0.3, 0.4) is 0 Å². The van der Waals surface area contributed by atoms with Crippen molar-refractivity contribution in [3.8, 4) is 11.3 Å². The molecule has 196 valence electrons. The van der Waals surface area contributed by atoms with Gasteiger partial charge in [0, 0.05) is 23.1 Å². The minimum absolute atomic E-state index is 0.0115. The Kier molecular flexibility index (Phi) is 6.72. The van der Waals surface area contributed by atoms with Gasteiger partial charge >= 0.3 is 7.12 Å². The maximum Gasteiger partial charge on any atom is 0.489 e. The fourth-order valence-corrected chi connectivity index (χ4v) is 5.91. The van der Waals surface area contributed by atoms with Crippen molar-refractivity contribution in [1.82, 2.24) is 5.32 Å². The molecule has 0 aliphatic heterocycles. The van der Waals surface area contributed by atoms with Crippen LogP contribution >= 0.6 is 11.6 Å². The minimum atomic E-state index is -4.02. The monoisotopic (exact) mass is 556 g/mol. The third-order valence-electron chi connectivity index (χ3n) is 6.47. The highest BCUT2D eigenvalue weighted by Crippen LogP contribution is 2.51. The van der Waals surface area contributed by atoms with Crippen LogP contribution < -0.4 is 15.1 Å². The highest BCUT2D eigenvalue weighted by atomic mass is 35.5. The number of rotatable bonds is 7. The van der Waals surface area contributed by atoms with Crippen molar-refractivity contribution in [2.75, 3.05) is 17.6 Å². The van der Waals surface area contributed by atoms with E-state index in [1.54, 1.807) is 12.1 Å². The van der Waals surface area contributed by atoms with E-state index in [9.17, 15) is 27.7 Å². The summed E-state index contributed by atoms with van der Waals surface area (Å²) in [7, 11) is -4.42. The normalized spacial score (nSPS) is 13.5. The molecule has 3 N–H and O–H groups in total. The summed E-state index contributed by atoms with van der Waals surface area (Å²) < 4.78 is 47.6. The first-order chi connectivity index (χ1) is 18.0. The average Bonchev–Trinajstić information content (AvgIpc) is 3.62. The molecule has 1 heterocycles. The van der Waals surface area contributed by atoms with Crippen LogP contribution in [0.2, 0.25) is 5.02 Å². The summed E-state index contributed by atoms with van der Waals surface area (Å²) in [6.45, 7) is 0. The van der Waals surface area contributed by atoms with Crippen molar-refractivity contribution in [3.63, 3.8) is 0 Å². The summed E-state index contributed by atoms with van der Waals surface area (Å²) in [5.74, 6) is -0.740. The van der Waals surface area contributed by atoms with Crippen molar-refractivity contribution >= 4 is 62.5 Å². The van der Waals surface area contributed by atoms with Gasteiger partial charge in [0.05, 0.1) is 28.6 Å². The van der Waals surface area contributed by atoms with Gasteiger partial charge in [0.15, 0.2) is 0 Å². The number of nitrogens with zero attached hydrogens (tertiary/aromatic N) is 1. The average molecular weight is 557 g/mol. The molecule has 0 saturated heterocycles. The van der Waals surface area contributed by atoms with Gasteiger partial charge in [-0.3, -0.25) is 4.79 Å². The van der Waals surface area contributed by atoms with E-state index in [-0.39, 0.29) is 50.1 Å². The quantitative estimate of drug-likeness (QED) is 0.297. The Bertz CT molecular complexity index is 1670. The molecule has 1 saturated carbocycles. The molecule has 1 fully saturated rings. The van der Waals surface area contributed by atoms with Crippen LogP contribution in [0.15, 0.2) is 59.0 Å². The number of anilines is 2. The molecule has 1 aliphatic carbocycles. The van der Waals surface area contributed by atoms with E-state index in [4.69, 9.17) is 16.0 Å². The first kappa shape index (κ1) is 26.2. The lowest BCUT2D eigenvalue weighted by Crippen LogP contribution is -2.32. The molecule has 0 bridgehead atoms. The standard InChI is InChI=1S/C26H23BClFN2O6S/c1-30-26(32)23-22-21(37-25(23)15-5-7-16(29)8-6-15)12-10-18(14-3-4-14)24(22)31(38(2,35)36)17-9-11-19(27(33)34)20(28)13-17/h5-14,33-34H,3-4H2,1-2H3,(H,30,32). The number of carbonyl (C=O) groups is 1. The second-order valence-corrected chi connectivity index (χ2v) is 11.4. The van der Waals surface area contributed by atoms with Crippen LogP contribution in [0.25, 0.3) is 22.3 Å². The molecule has 5 rings (SSSR count). The molecule has 4 aromatic rings. The fourth-order valence-electron chi connectivity index (χ4n) is 4.62. The maximum atomic E-state index is 13.7. The van der Waals surface area contributed by atoms with Crippen molar-refractivity contribution in [3.05, 3.63) is 76.6 Å². The van der Waals surface area contributed by atoms with Gasteiger partial charge in [0.1, 0.15) is 17.2 Å². The summed E-state index contributed by atoms with van der Waals surface area (Å²) in [5, 5.41) is 22.0. The molecule has 38 heavy (non-hydrogen) atoms. The molecule has 0 spiro atoms. The van der Waals surface area contributed by atoms with Gasteiger partial charge in [-0.2, -0.15) is 0 Å². The van der Waals surface area contributed by atoms with Crippen LogP contribution in [-0.4, -0.2) is 44.8 Å². The summed E-state index contributed by atoms with van der Waals surface area (Å²) in [5.41, 5.74) is 1.92. The van der Waals surface area contributed by atoms with Crippen LogP contribution in [-0.2, 0) is 10.0 Å². The first-order valence-electron chi connectivity index (χ1n) is 11.7. The van der Waals surface area contributed by atoms with Crippen LogP contribution in [0.5, 0.6) is 0 Å². The molecule has 0 radical (unpaired) electrons. The summed E-state index contributed by atoms with van der Waals surface area (Å²) in [6.07, 6.45) is 2.71. The highest BCUT2D eigenvalue weighted by molar-refractivity contribution is 7.92. The van der Waals surface area contributed by atoms with Crippen molar-refractivity contribution < 1.29 is 32.1 Å². The predicted octanol–water partition coefficient (Wildman–Crippen LogP) is 3.91. The minimum Gasteiger partial charge on any atom is -0.455 e. The van der Waals surface area contributed by atoms with Gasteiger partial charge in [-0.15, -0.1) is 0 Å². The largest absolute Gasteiger partial charge is 0.489 e. The van der Waals surface area contributed by atoms with Crippen LogP contribution in [0, 0.1) is 5.82 Å². The molecular formula is C26H23BClFN2O6S. The third-order valence-corrected chi connectivity index (χ3v) is 7.85. The maximum absolute atomic E-state index is 13.7. The Morgan fingerprint density at radius 3 is 2.37 bits per heavy atom. The SMILES string of the molecule is CNC(=O)c1c(-c2ccc(F)cc2)oc2ccc(C3CC3)c(N(c3ccc(B(O)O)c(Cl)c3)S(C)(=O)=O)c12. The van der Waals surface area contributed by atoms with Crippen molar-refractivity contribution in [2.24, 2.45) is 0 Å². The van der Waals surface area contributed by atoms with Crippen molar-refractivity contribution in [1.29, 1.82) is 0 Å². The molecule has 1 amide bonds. The zero-order valence-electron chi connectivity index (χ0n) is 20.4. The van der Waals surface area contributed by atoms with E-state index in [1.807, 2.05) is 0 Å². The zero-order chi connectivity index (χ0) is 27.4. The molecule has 0 unspecified atom stereocenters. The van der Waals surface area contributed by atoms with Gasteiger partial charge in [-0.05, 0) is 66.8 Å². The summed E-state index contributed by atoms with van der Waals surface area (Å²) >= 11 is 6.29. The Labute approximate surface area is 223 Å².